The van der Waals surface area contributed by atoms with E-state index in [1.165, 1.54) is 0 Å². The minimum absolute atomic E-state index is 0.0643. The van der Waals surface area contributed by atoms with Gasteiger partial charge in [-0.05, 0) is 31.4 Å². The van der Waals surface area contributed by atoms with Gasteiger partial charge in [0.05, 0.1) is 17.4 Å². The lowest BCUT2D eigenvalue weighted by Gasteiger charge is -2.29. The van der Waals surface area contributed by atoms with Gasteiger partial charge in [-0.1, -0.05) is 18.2 Å². The summed E-state index contributed by atoms with van der Waals surface area (Å²) in [6, 6.07) is 8.20. The van der Waals surface area contributed by atoms with Gasteiger partial charge >= 0.3 is 6.18 Å². The smallest absolute Gasteiger partial charge is 0.393 e. The molecule has 1 saturated heterocycles. The first-order valence-electron chi connectivity index (χ1n) is 9.72. The molecule has 2 amide bonds. The van der Waals surface area contributed by atoms with Gasteiger partial charge in [0.25, 0.3) is 5.91 Å². The molecule has 2 N–H and O–H groups in total. The van der Waals surface area contributed by atoms with Crippen LogP contribution in [-0.2, 0) is 11.0 Å². The molecule has 7 nitrogen and oxygen atoms in total. The van der Waals surface area contributed by atoms with Crippen LogP contribution in [-0.4, -0.2) is 57.3 Å². The van der Waals surface area contributed by atoms with Crippen LogP contribution in [0.4, 0.5) is 13.2 Å². The van der Waals surface area contributed by atoms with E-state index in [9.17, 15) is 27.9 Å². The van der Waals surface area contributed by atoms with Crippen LogP contribution < -0.4 is 5.32 Å². The molecule has 0 aliphatic carbocycles. The first kappa shape index (κ1) is 21.8. The molecule has 1 aromatic heterocycles. The molecule has 30 heavy (non-hydrogen) atoms. The summed E-state index contributed by atoms with van der Waals surface area (Å²) >= 11 is 0. The zero-order valence-corrected chi connectivity index (χ0v) is 16.2. The van der Waals surface area contributed by atoms with Gasteiger partial charge in [0.15, 0.2) is 5.69 Å². The van der Waals surface area contributed by atoms with E-state index < -0.39 is 23.3 Å². The number of amides is 2. The number of aliphatic hydroxyl groups is 1. The number of para-hydroxylation sites is 1. The lowest BCUT2D eigenvalue weighted by atomic mass is 10.1. The quantitative estimate of drug-likeness (QED) is 0.697. The van der Waals surface area contributed by atoms with Gasteiger partial charge in [0, 0.05) is 32.3 Å². The molecule has 2 heterocycles. The van der Waals surface area contributed by atoms with Crippen LogP contribution in [0.5, 0.6) is 0 Å². The van der Waals surface area contributed by atoms with Crippen LogP contribution >= 0.6 is 0 Å². The molecule has 10 heteroatoms. The standard InChI is InChI=1S/C20H23F3N4O3/c21-20(22,23)18-16(13-27(25-18)14-5-2-1-3-6-14)19(30)24-10-4-7-17(29)26-11-8-15(28)9-12-26/h1-3,5-6,13,15,28H,4,7-12H2,(H,24,30). The second-order valence-corrected chi connectivity index (χ2v) is 7.14. The fraction of sp³-hybridized carbons (Fsp3) is 0.450. The molecule has 0 spiro atoms. The maximum Gasteiger partial charge on any atom is 0.435 e. The molecule has 3 rings (SSSR count). The van der Waals surface area contributed by atoms with Gasteiger partial charge in [0.1, 0.15) is 0 Å². The minimum Gasteiger partial charge on any atom is -0.393 e. The van der Waals surface area contributed by atoms with Crippen molar-refractivity contribution in [3.63, 3.8) is 0 Å². The highest BCUT2D eigenvalue weighted by Crippen LogP contribution is 2.31. The number of carbonyl (C=O) groups excluding carboxylic acids is 2. The number of rotatable bonds is 6. The first-order valence-corrected chi connectivity index (χ1v) is 9.72. The largest absolute Gasteiger partial charge is 0.435 e. The van der Waals surface area contributed by atoms with Gasteiger partial charge in [0.2, 0.25) is 5.91 Å². The van der Waals surface area contributed by atoms with E-state index in [2.05, 4.69) is 10.4 Å². The molecule has 0 unspecified atom stereocenters. The number of aliphatic hydroxyl groups excluding tert-OH is 1. The number of hydrogen-bond donors (Lipinski definition) is 2. The normalized spacial score (nSPS) is 15.3. The number of hydrogen-bond acceptors (Lipinski definition) is 4. The summed E-state index contributed by atoms with van der Waals surface area (Å²) in [5, 5.41) is 15.5. The molecule has 1 aromatic carbocycles. The van der Waals surface area contributed by atoms with Crippen molar-refractivity contribution in [1.82, 2.24) is 20.0 Å². The predicted octanol–water partition coefficient (Wildman–Crippen LogP) is 2.38. The van der Waals surface area contributed by atoms with Crippen LogP contribution in [0.15, 0.2) is 36.5 Å². The van der Waals surface area contributed by atoms with E-state index in [1.807, 2.05) is 0 Å². The number of halogens is 3. The summed E-state index contributed by atoms with van der Waals surface area (Å²) in [7, 11) is 0. The predicted molar refractivity (Wildman–Crippen MR) is 102 cm³/mol. The van der Waals surface area contributed by atoms with Crippen molar-refractivity contribution in [2.24, 2.45) is 0 Å². The molecule has 0 bridgehead atoms. The summed E-state index contributed by atoms with van der Waals surface area (Å²) < 4.78 is 41.0. The highest BCUT2D eigenvalue weighted by molar-refractivity contribution is 5.95. The Kier molecular flexibility index (Phi) is 6.76. The average Bonchev–Trinajstić information content (AvgIpc) is 3.18. The van der Waals surface area contributed by atoms with Crippen LogP contribution in [0, 0.1) is 0 Å². The van der Waals surface area contributed by atoms with Gasteiger partial charge in [-0.15, -0.1) is 0 Å². The van der Waals surface area contributed by atoms with Crippen molar-refractivity contribution < 1.29 is 27.9 Å². The summed E-state index contributed by atoms with van der Waals surface area (Å²) in [6.07, 6.45) is -2.56. The van der Waals surface area contributed by atoms with E-state index in [4.69, 9.17) is 0 Å². The second-order valence-electron chi connectivity index (χ2n) is 7.14. The fourth-order valence-electron chi connectivity index (χ4n) is 3.27. The summed E-state index contributed by atoms with van der Waals surface area (Å²) in [6.45, 7) is 1.04. The van der Waals surface area contributed by atoms with E-state index in [0.717, 1.165) is 10.9 Å². The number of nitrogens with one attached hydrogen (secondary N) is 1. The van der Waals surface area contributed by atoms with E-state index in [0.29, 0.717) is 38.0 Å². The third-order valence-electron chi connectivity index (χ3n) is 4.92. The Balaban J connectivity index is 1.58. The van der Waals surface area contributed by atoms with E-state index in [1.54, 1.807) is 35.2 Å². The molecule has 0 atom stereocenters. The van der Waals surface area contributed by atoms with Crippen molar-refractivity contribution >= 4 is 11.8 Å². The molecule has 1 aliphatic heterocycles. The molecule has 162 valence electrons. The maximum absolute atomic E-state index is 13.3. The van der Waals surface area contributed by atoms with Crippen LogP contribution in [0.2, 0.25) is 0 Å². The third-order valence-corrected chi connectivity index (χ3v) is 4.92. The number of piperidine rings is 1. The summed E-state index contributed by atoms with van der Waals surface area (Å²) in [5.41, 5.74) is -1.42. The zero-order chi connectivity index (χ0) is 21.7. The molecule has 1 fully saturated rings. The molecular weight excluding hydrogens is 401 g/mol. The maximum atomic E-state index is 13.3. The number of benzene rings is 1. The number of carbonyl (C=O) groups is 2. The Labute approximate surface area is 171 Å². The SMILES string of the molecule is O=C(NCCCC(=O)N1CCC(O)CC1)c1cn(-c2ccccc2)nc1C(F)(F)F. The van der Waals surface area contributed by atoms with E-state index >= 15 is 0 Å². The number of likely N-dealkylation sites (tertiary alicyclic amines) is 1. The van der Waals surface area contributed by atoms with Crippen LogP contribution in [0.3, 0.4) is 0 Å². The van der Waals surface area contributed by atoms with Gasteiger partial charge in [-0.3, -0.25) is 9.59 Å². The summed E-state index contributed by atoms with van der Waals surface area (Å²) in [4.78, 5) is 26.1. The Bertz CT molecular complexity index is 875. The lowest BCUT2D eigenvalue weighted by Crippen LogP contribution is -2.40. The highest BCUT2D eigenvalue weighted by atomic mass is 19.4. The topological polar surface area (TPSA) is 87.5 Å². The number of alkyl halides is 3. The lowest BCUT2D eigenvalue weighted by molar-refractivity contribution is -0.141. The molecule has 0 saturated carbocycles. The molecule has 1 aliphatic rings. The van der Waals surface area contributed by atoms with Gasteiger partial charge in [-0.25, -0.2) is 4.68 Å². The molecular formula is C20H23F3N4O3. The Morgan fingerprint density at radius 3 is 2.47 bits per heavy atom. The Hall–Kier alpha value is -2.88. The number of nitrogens with zero attached hydrogens (tertiary/aromatic N) is 3. The van der Waals surface area contributed by atoms with Crippen molar-refractivity contribution in [2.75, 3.05) is 19.6 Å². The summed E-state index contributed by atoms with van der Waals surface area (Å²) in [5.74, 6) is -0.984. The van der Waals surface area contributed by atoms with Crippen LogP contribution in [0.1, 0.15) is 41.7 Å². The van der Waals surface area contributed by atoms with Gasteiger partial charge in [-0.2, -0.15) is 18.3 Å². The fourth-order valence-corrected chi connectivity index (χ4v) is 3.27. The molecule has 2 aromatic rings. The van der Waals surface area contributed by atoms with Crippen LogP contribution in [0.25, 0.3) is 5.69 Å². The monoisotopic (exact) mass is 424 g/mol. The third kappa shape index (κ3) is 5.38. The van der Waals surface area contributed by atoms with Crippen molar-refractivity contribution in [3.05, 3.63) is 47.8 Å². The van der Waals surface area contributed by atoms with Crippen molar-refractivity contribution in [2.45, 2.75) is 38.0 Å². The van der Waals surface area contributed by atoms with Crippen molar-refractivity contribution in [3.8, 4) is 5.69 Å². The number of aromatic nitrogens is 2. The van der Waals surface area contributed by atoms with Crippen molar-refractivity contribution in [1.29, 1.82) is 0 Å². The van der Waals surface area contributed by atoms with E-state index in [-0.39, 0.29) is 25.0 Å². The molecule has 0 radical (unpaired) electrons. The zero-order valence-electron chi connectivity index (χ0n) is 16.2. The first-order chi connectivity index (χ1) is 14.3. The average molecular weight is 424 g/mol. The minimum atomic E-state index is -4.78. The second kappa shape index (κ2) is 9.29. The Morgan fingerprint density at radius 2 is 1.83 bits per heavy atom. The van der Waals surface area contributed by atoms with Gasteiger partial charge < -0.3 is 15.3 Å². The highest BCUT2D eigenvalue weighted by Gasteiger charge is 2.39. The Morgan fingerprint density at radius 1 is 1.17 bits per heavy atom.